The summed E-state index contributed by atoms with van der Waals surface area (Å²) in [6.45, 7) is -0.167. The van der Waals surface area contributed by atoms with Crippen LogP contribution in [0, 0.1) is 0 Å². The highest BCUT2D eigenvalue weighted by atomic mass is 35.5. The van der Waals surface area contributed by atoms with Gasteiger partial charge >= 0.3 is 5.97 Å². The molecule has 0 radical (unpaired) electrons. The average Bonchev–Trinajstić information content (AvgIpc) is 3.03. The molecule has 8 heteroatoms. The lowest BCUT2D eigenvalue weighted by Crippen LogP contribution is -2.16. The molecule has 0 saturated heterocycles. The van der Waals surface area contributed by atoms with E-state index in [1.165, 1.54) is 4.80 Å². The summed E-state index contributed by atoms with van der Waals surface area (Å²) in [5, 5.41) is 12.8. The Hall–Kier alpha value is -2.44. The molecule has 3 rings (SSSR count). The Balaban J connectivity index is 1.61. The van der Waals surface area contributed by atoms with Gasteiger partial charge in [0.1, 0.15) is 6.61 Å². The number of nitrogens with zero attached hydrogens (tertiary/aromatic N) is 4. The van der Waals surface area contributed by atoms with E-state index in [0.29, 0.717) is 21.4 Å². The molecular weight excluding hydrogens is 351 g/mol. The van der Waals surface area contributed by atoms with Crippen LogP contribution in [0.4, 0.5) is 0 Å². The van der Waals surface area contributed by atoms with Crippen LogP contribution >= 0.6 is 23.2 Å². The van der Waals surface area contributed by atoms with Crippen molar-refractivity contribution in [2.45, 2.75) is 13.2 Å². The molecule has 0 N–H and O–H groups in total. The molecule has 0 spiro atoms. The van der Waals surface area contributed by atoms with Crippen LogP contribution in [-0.2, 0) is 22.7 Å². The van der Waals surface area contributed by atoms with E-state index in [2.05, 4.69) is 15.4 Å². The fourth-order valence-corrected chi connectivity index (χ4v) is 2.50. The predicted molar refractivity (Wildman–Crippen MR) is 89.5 cm³/mol. The molecule has 0 aliphatic carbocycles. The standard InChI is InChI=1S/C16H12Cl2N4O2/c17-13-7-4-8-14(18)12(13)10-24-15(23)9-22-20-16(19-21-22)11-5-2-1-3-6-11/h1-8H,9-10H2. The van der Waals surface area contributed by atoms with Gasteiger partial charge in [-0.05, 0) is 17.3 Å². The lowest BCUT2D eigenvalue weighted by Gasteiger charge is -2.07. The predicted octanol–water partition coefficient (Wildman–Crippen LogP) is 3.39. The third-order valence-electron chi connectivity index (χ3n) is 3.19. The van der Waals surface area contributed by atoms with Gasteiger partial charge in [0, 0.05) is 21.2 Å². The number of ether oxygens (including phenoxy) is 1. The minimum atomic E-state index is -0.511. The van der Waals surface area contributed by atoms with Gasteiger partial charge in [-0.3, -0.25) is 0 Å². The number of halogens is 2. The highest BCUT2D eigenvalue weighted by molar-refractivity contribution is 6.35. The largest absolute Gasteiger partial charge is 0.459 e. The fraction of sp³-hybridized carbons (Fsp3) is 0.125. The van der Waals surface area contributed by atoms with E-state index in [4.69, 9.17) is 27.9 Å². The van der Waals surface area contributed by atoms with Crippen LogP contribution in [0.3, 0.4) is 0 Å². The lowest BCUT2D eigenvalue weighted by molar-refractivity contribution is -0.146. The highest BCUT2D eigenvalue weighted by Crippen LogP contribution is 2.24. The molecule has 0 saturated carbocycles. The second kappa shape index (κ2) is 7.42. The molecule has 1 aromatic heterocycles. The molecule has 1 heterocycles. The van der Waals surface area contributed by atoms with Gasteiger partial charge in [0.25, 0.3) is 0 Å². The van der Waals surface area contributed by atoms with Crippen molar-refractivity contribution in [3.05, 3.63) is 64.1 Å². The zero-order valence-corrected chi connectivity index (χ0v) is 13.9. The molecule has 0 atom stereocenters. The Morgan fingerprint density at radius 3 is 2.46 bits per heavy atom. The first-order valence-electron chi connectivity index (χ1n) is 7.05. The number of hydrogen-bond donors (Lipinski definition) is 0. The number of aromatic nitrogens is 4. The van der Waals surface area contributed by atoms with Gasteiger partial charge in [-0.1, -0.05) is 59.6 Å². The molecule has 6 nitrogen and oxygen atoms in total. The fourth-order valence-electron chi connectivity index (χ4n) is 2.00. The summed E-state index contributed by atoms with van der Waals surface area (Å²) in [5.41, 5.74) is 1.38. The molecule has 24 heavy (non-hydrogen) atoms. The number of hydrogen-bond acceptors (Lipinski definition) is 5. The number of rotatable bonds is 5. The average molecular weight is 363 g/mol. The first kappa shape index (κ1) is 16.4. The van der Waals surface area contributed by atoms with Crippen molar-refractivity contribution in [1.82, 2.24) is 20.2 Å². The highest BCUT2D eigenvalue weighted by Gasteiger charge is 2.12. The van der Waals surface area contributed by atoms with Crippen LogP contribution in [0.15, 0.2) is 48.5 Å². The number of carbonyl (C=O) groups excluding carboxylic acids is 1. The van der Waals surface area contributed by atoms with Crippen LogP contribution in [-0.4, -0.2) is 26.2 Å². The maximum Gasteiger partial charge on any atom is 0.330 e. The summed E-state index contributed by atoms with van der Waals surface area (Å²) in [4.78, 5) is 13.1. The van der Waals surface area contributed by atoms with Crippen LogP contribution < -0.4 is 0 Å². The van der Waals surface area contributed by atoms with Crippen LogP contribution in [0.5, 0.6) is 0 Å². The van der Waals surface area contributed by atoms with Gasteiger partial charge in [0.15, 0.2) is 6.54 Å². The quantitative estimate of drug-likeness (QED) is 0.650. The monoisotopic (exact) mass is 362 g/mol. The summed E-state index contributed by atoms with van der Waals surface area (Å²) < 4.78 is 5.17. The molecule has 2 aromatic carbocycles. The van der Waals surface area contributed by atoms with Crippen LogP contribution in [0.1, 0.15) is 5.56 Å². The molecule has 0 fully saturated rings. The Bertz CT molecular complexity index is 832. The minimum absolute atomic E-state index is 0.0163. The summed E-state index contributed by atoms with van der Waals surface area (Å²) in [6.07, 6.45) is 0. The van der Waals surface area contributed by atoms with E-state index in [0.717, 1.165) is 5.56 Å². The number of carbonyl (C=O) groups is 1. The van der Waals surface area contributed by atoms with Gasteiger partial charge in [0.2, 0.25) is 5.82 Å². The van der Waals surface area contributed by atoms with E-state index in [1.54, 1.807) is 18.2 Å². The van der Waals surface area contributed by atoms with Crippen molar-refractivity contribution in [2.75, 3.05) is 0 Å². The van der Waals surface area contributed by atoms with E-state index in [-0.39, 0.29) is 13.2 Å². The van der Waals surface area contributed by atoms with Gasteiger partial charge in [-0.25, -0.2) is 4.79 Å². The molecule has 0 aliphatic rings. The van der Waals surface area contributed by atoms with E-state index in [9.17, 15) is 4.79 Å². The van der Waals surface area contributed by atoms with E-state index < -0.39 is 5.97 Å². The van der Waals surface area contributed by atoms with Gasteiger partial charge in [0.05, 0.1) is 0 Å². The molecule has 3 aromatic rings. The minimum Gasteiger partial charge on any atom is -0.459 e. The molecule has 0 amide bonds. The number of benzene rings is 2. The number of tetrazole rings is 1. The van der Waals surface area contributed by atoms with Crippen LogP contribution in [0.2, 0.25) is 10.0 Å². The SMILES string of the molecule is O=C(Cn1nnc(-c2ccccc2)n1)OCc1c(Cl)cccc1Cl. The summed E-state index contributed by atoms with van der Waals surface area (Å²) >= 11 is 12.1. The maximum atomic E-state index is 11.9. The van der Waals surface area contributed by atoms with Crippen molar-refractivity contribution >= 4 is 29.2 Å². The Morgan fingerprint density at radius 2 is 1.75 bits per heavy atom. The first-order valence-corrected chi connectivity index (χ1v) is 7.81. The smallest absolute Gasteiger partial charge is 0.330 e. The van der Waals surface area contributed by atoms with Crippen LogP contribution in [0.25, 0.3) is 11.4 Å². The van der Waals surface area contributed by atoms with Gasteiger partial charge < -0.3 is 4.74 Å². The summed E-state index contributed by atoms with van der Waals surface area (Å²) in [5.74, 6) is -0.0689. The first-order chi connectivity index (χ1) is 11.6. The van der Waals surface area contributed by atoms with Crippen molar-refractivity contribution < 1.29 is 9.53 Å². The van der Waals surface area contributed by atoms with Gasteiger partial charge in [-0.15, -0.1) is 10.2 Å². The Morgan fingerprint density at radius 1 is 1.04 bits per heavy atom. The van der Waals surface area contributed by atoms with Crippen molar-refractivity contribution in [1.29, 1.82) is 0 Å². The summed E-state index contributed by atoms with van der Waals surface area (Å²) in [7, 11) is 0. The molecule has 0 bridgehead atoms. The summed E-state index contributed by atoms with van der Waals surface area (Å²) in [6, 6.07) is 14.4. The second-order valence-electron chi connectivity index (χ2n) is 4.87. The maximum absolute atomic E-state index is 11.9. The molecular formula is C16H12Cl2N4O2. The van der Waals surface area contributed by atoms with E-state index in [1.807, 2.05) is 30.3 Å². The third kappa shape index (κ3) is 3.90. The number of esters is 1. The normalized spacial score (nSPS) is 10.6. The van der Waals surface area contributed by atoms with E-state index >= 15 is 0 Å². The lowest BCUT2D eigenvalue weighted by atomic mass is 10.2. The molecule has 0 unspecified atom stereocenters. The van der Waals surface area contributed by atoms with Crippen molar-refractivity contribution in [3.8, 4) is 11.4 Å². The Kier molecular flexibility index (Phi) is 5.08. The zero-order chi connectivity index (χ0) is 16.9. The second-order valence-corrected chi connectivity index (χ2v) is 5.68. The zero-order valence-electron chi connectivity index (χ0n) is 12.4. The third-order valence-corrected chi connectivity index (χ3v) is 3.90. The molecule has 122 valence electrons. The topological polar surface area (TPSA) is 69.9 Å². The van der Waals surface area contributed by atoms with Gasteiger partial charge in [-0.2, -0.15) is 4.80 Å². The van der Waals surface area contributed by atoms with Crippen molar-refractivity contribution in [2.24, 2.45) is 0 Å². The molecule has 0 aliphatic heterocycles. The van der Waals surface area contributed by atoms with Crippen molar-refractivity contribution in [3.63, 3.8) is 0 Å². The Labute approximate surface area is 148 Å².